The zero-order valence-electron chi connectivity index (χ0n) is 34.4. The van der Waals surface area contributed by atoms with Gasteiger partial charge in [0.15, 0.2) is 0 Å². The summed E-state index contributed by atoms with van der Waals surface area (Å²) in [6.07, 6.45) is 0. The van der Waals surface area contributed by atoms with Gasteiger partial charge in [-0.15, -0.1) is 0 Å². The second-order valence-corrected chi connectivity index (χ2v) is 16.1. The third-order valence-corrected chi connectivity index (χ3v) is 12.4. The third-order valence-electron chi connectivity index (χ3n) is 12.4. The maximum Gasteiger partial charge on any atom is 0.145 e. The van der Waals surface area contributed by atoms with Crippen LogP contribution in [0, 0.1) is 0 Å². The summed E-state index contributed by atoms with van der Waals surface area (Å²) in [5.41, 5.74) is 17.8. The lowest BCUT2D eigenvalue weighted by molar-refractivity contribution is 0.673. The lowest BCUT2D eigenvalue weighted by atomic mass is 9.96. The summed E-state index contributed by atoms with van der Waals surface area (Å²) in [4.78, 5) is 2.38. The van der Waals surface area contributed by atoms with Crippen LogP contribution < -0.4 is 4.90 Å². The fourth-order valence-corrected chi connectivity index (χ4v) is 9.44. The molecule has 3 nitrogen and oxygen atoms in total. The fraction of sp³-hybridized carbons (Fsp3) is 0. The van der Waals surface area contributed by atoms with Crippen LogP contribution in [-0.2, 0) is 0 Å². The number of benzene rings is 10. The van der Waals surface area contributed by atoms with Crippen molar-refractivity contribution in [2.45, 2.75) is 0 Å². The smallest absolute Gasteiger partial charge is 0.145 e. The van der Waals surface area contributed by atoms with Crippen LogP contribution in [0.4, 0.5) is 17.1 Å². The van der Waals surface area contributed by atoms with E-state index in [1.807, 2.05) is 0 Å². The van der Waals surface area contributed by atoms with Gasteiger partial charge in [0.25, 0.3) is 0 Å². The highest BCUT2D eigenvalue weighted by Crippen LogP contribution is 2.47. The highest BCUT2D eigenvalue weighted by atomic mass is 16.3. The first-order valence-electron chi connectivity index (χ1n) is 21.5. The molecule has 0 aliphatic rings. The summed E-state index contributed by atoms with van der Waals surface area (Å²) in [6, 6.07) is 87.0. The Morgan fingerprint density at radius 3 is 1.49 bits per heavy atom. The minimum Gasteiger partial charge on any atom is -0.455 e. The normalized spacial score (nSPS) is 11.5. The van der Waals surface area contributed by atoms with Gasteiger partial charge in [0.2, 0.25) is 0 Å². The highest BCUT2D eigenvalue weighted by Gasteiger charge is 2.24. The van der Waals surface area contributed by atoms with E-state index in [-0.39, 0.29) is 0 Å². The topological polar surface area (TPSA) is 21.3 Å². The first kappa shape index (κ1) is 36.5. The summed E-state index contributed by atoms with van der Waals surface area (Å²) < 4.78 is 9.23. The van der Waals surface area contributed by atoms with E-state index in [0.717, 1.165) is 83.2 Å². The second kappa shape index (κ2) is 15.3. The molecule has 3 heteroatoms. The van der Waals surface area contributed by atoms with Gasteiger partial charge in [0.1, 0.15) is 11.2 Å². The van der Waals surface area contributed by atoms with Crippen LogP contribution in [0.1, 0.15) is 0 Å². The van der Waals surface area contributed by atoms with Gasteiger partial charge in [-0.2, -0.15) is 0 Å². The molecule has 0 bridgehead atoms. The number of nitrogens with zero attached hydrogens (tertiary/aromatic N) is 2. The molecular formula is C60H40N2O. The maximum atomic E-state index is 6.80. The van der Waals surface area contributed by atoms with E-state index < -0.39 is 0 Å². The Morgan fingerprint density at radius 1 is 0.349 bits per heavy atom. The molecule has 0 atom stereocenters. The van der Waals surface area contributed by atoms with Crippen LogP contribution in [0.2, 0.25) is 0 Å². The van der Waals surface area contributed by atoms with Gasteiger partial charge in [0, 0.05) is 44.3 Å². The lowest BCUT2D eigenvalue weighted by Gasteiger charge is -2.28. The summed E-state index contributed by atoms with van der Waals surface area (Å²) in [6.45, 7) is 0. The van der Waals surface area contributed by atoms with Crippen molar-refractivity contribution in [2.75, 3.05) is 4.90 Å². The summed E-state index contributed by atoms with van der Waals surface area (Å²) in [5.74, 6) is 0. The van der Waals surface area contributed by atoms with E-state index in [0.29, 0.717) is 0 Å². The molecule has 0 saturated heterocycles. The number of furan rings is 1. The minimum atomic E-state index is 0.888. The standard InChI is InChI=1S/C60H40N2O/c1-4-16-41(17-5-1)43-28-30-46(31-29-43)53-40-54-51-23-12-15-27-57(51)63-60(54)58-52-24-11-14-26-56(52)62(59(53)58)49-38-36-48(37-39-49)61(47-34-32-44(33-35-47)42-18-6-2-7-19-42)55-25-13-10-22-50(55)45-20-8-3-9-21-45/h1-40H. The SMILES string of the molecule is c1ccc(-c2ccc(-c3cc4c5ccccc5oc4c4c5ccccc5n(-c5ccc(N(c6ccc(-c7ccccc7)cc6)c6ccccc6-c6ccccc6)cc5)c34)cc2)cc1. The van der Waals surface area contributed by atoms with Crippen molar-refractivity contribution >= 4 is 60.8 Å². The van der Waals surface area contributed by atoms with E-state index in [4.69, 9.17) is 4.42 Å². The zero-order chi connectivity index (χ0) is 41.7. The molecule has 0 aliphatic heterocycles. The Hall–Kier alpha value is -8.40. The van der Waals surface area contributed by atoms with Gasteiger partial charge in [-0.3, -0.25) is 0 Å². The van der Waals surface area contributed by atoms with E-state index in [9.17, 15) is 0 Å². The summed E-state index contributed by atoms with van der Waals surface area (Å²) >= 11 is 0. The first-order chi connectivity index (χ1) is 31.3. The Labute approximate surface area is 366 Å². The molecule has 0 radical (unpaired) electrons. The fourth-order valence-electron chi connectivity index (χ4n) is 9.44. The van der Waals surface area contributed by atoms with Crippen molar-refractivity contribution in [3.05, 3.63) is 243 Å². The molecule has 296 valence electrons. The number of hydrogen-bond donors (Lipinski definition) is 0. The Balaban J connectivity index is 1.06. The van der Waals surface area contributed by atoms with Crippen molar-refractivity contribution in [3.63, 3.8) is 0 Å². The average molecular weight is 805 g/mol. The predicted molar refractivity (Wildman–Crippen MR) is 264 cm³/mol. The van der Waals surface area contributed by atoms with Crippen LogP contribution in [0.3, 0.4) is 0 Å². The molecule has 0 unspecified atom stereocenters. The number of rotatable bonds is 8. The molecule has 0 spiro atoms. The van der Waals surface area contributed by atoms with Crippen molar-refractivity contribution in [3.8, 4) is 50.2 Å². The maximum absolute atomic E-state index is 6.80. The van der Waals surface area contributed by atoms with Gasteiger partial charge in [-0.05, 0) is 94.0 Å². The van der Waals surface area contributed by atoms with Crippen molar-refractivity contribution in [1.29, 1.82) is 0 Å². The van der Waals surface area contributed by atoms with E-state index >= 15 is 0 Å². The molecule has 12 rings (SSSR count). The second-order valence-electron chi connectivity index (χ2n) is 16.1. The van der Waals surface area contributed by atoms with Crippen LogP contribution >= 0.6 is 0 Å². The molecule has 2 aromatic heterocycles. The largest absolute Gasteiger partial charge is 0.455 e. The Kier molecular flexibility index (Phi) is 8.83. The van der Waals surface area contributed by atoms with Gasteiger partial charge < -0.3 is 13.9 Å². The van der Waals surface area contributed by atoms with Crippen molar-refractivity contribution < 1.29 is 4.42 Å². The number of para-hydroxylation sites is 3. The van der Waals surface area contributed by atoms with Gasteiger partial charge in [-0.1, -0.05) is 182 Å². The first-order valence-corrected chi connectivity index (χ1v) is 21.5. The van der Waals surface area contributed by atoms with E-state index in [2.05, 4.69) is 252 Å². The Morgan fingerprint density at radius 2 is 0.825 bits per heavy atom. The Bertz CT molecular complexity index is 3570. The highest BCUT2D eigenvalue weighted by molar-refractivity contribution is 6.27. The zero-order valence-corrected chi connectivity index (χ0v) is 34.4. The molecule has 0 fully saturated rings. The summed E-state index contributed by atoms with van der Waals surface area (Å²) in [7, 11) is 0. The van der Waals surface area contributed by atoms with Gasteiger partial charge in [0.05, 0.1) is 22.1 Å². The molecule has 63 heavy (non-hydrogen) atoms. The molecular weight excluding hydrogens is 765 g/mol. The summed E-state index contributed by atoms with van der Waals surface area (Å²) in [5, 5.41) is 4.50. The third kappa shape index (κ3) is 6.29. The van der Waals surface area contributed by atoms with E-state index in [1.165, 1.54) is 27.8 Å². The van der Waals surface area contributed by atoms with Crippen LogP contribution in [-0.4, -0.2) is 4.57 Å². The number of aromatic nitrogens is 1. The molecule has 2 heterocycles. The van der Waals surface area contributed by atoms with Gasteiger partial charge in [-0.25, -0.2) is 0 Å². The number of fused-ring (bicyclic) bond motifs is 7. The average Bonchev–Trinajstić information content (AvgIpc) is 3.92. The molecule has 12 aromatic rings. The number of hydrogen-bond acceptors (Lipinski definition) is 2. The van der Waals surface area contributed by atoms with Crippen molar-refractivity contribution in [1.82, 2.24) is 4.57 Å². The number of anilines is 3. The van der Waals surface area contributed by atoms with Crippen molar-refractivity contribution in [2.24, 2.45) is 0 Å². The predicted octanol–water partition coefficient (Wildman–Crippen LogP) is 16.8. The molecule has 0 aliphatic carbocycles. The quantitative estimate of drug-likeness (QED) is 0.153. The molecule has 0 N–H and O–H groups in total. The lowest BCUT2D eigenvalue weighted by Crippen LogP contribution is -2.11. The molecule has 0 saturated carbocycles. The van der Waals surface area contributed by atoms with E-state index in [1.54, 1.807) is 0 Å². The van der Waals surface area contributed by atoms with Crippen LogP contribution in [0.5, 0.6) is 0 Å². The molecule has 0 amide bonds. The monoisotopic (exact) mass is 804 g/mol. The van der Waals surface area contributed by atoms with Crippen LogP contribution in [0.15, 0.2) is 247 Å². The van der Waals surface area contributed by atoms with Gasteiger partial charge >= 0.3 is 0 Å². The molecule has 10 aromatic carbocycles. The minimum absolute atomic E-state index is 0.888. The van der Waals surface area contributed by atoms with Crippen LogP contribution in [0.25, 0.3) is 93.9 Å².